The molecule has 1 aliphatic heterocycles. The predicted molar refractivity (Wildman–Crippen MR) is 110 cm³/mol. The highest BCUT2D eigenvalue weighted by Crippen LogP contribution is 2.24. The molecule has 1 saturated heterocycles. The first-order valence-electron chi connectivity index (χ1n) is 10.2. The fourth-order valence-corrected chi connectivity index (χ4v) is 3.60. The van der Waals surface area contributed by atoms with Crippen LogP contribution in [0.3, 0.4) is 0 Å². The van der Waals surface area contributed by atoms with Crippen LogP contribution in [0.5, 0.6) is 0 Å². The second-order valence-corrected chi connectivity index (χ2v) is 7.22. The van der Waals surface area contributed by atoms with Crippen molar-refractivity contribution in [1.29, 1.82) is 0 Å². The standard InChI is InChI=1S/C21H30N4O3/c1-3-8-25-18-6-5-17(23-20(26)4-2)14-16(18)15-19(25)21(27)22-7-9-24-10-12-28-13-11-24/h5-6,14-15H,3-4,7-13H2,1-2H3,(H,22,27)(H,23,26)/p+1. The number of anilines is 1. The van der Waals surface area contributed by atoms with Gasteiger partial charge in [-0.15, -0.1) is 0 Å². The molecule has 0 bridgehead atoms. The number of morpholine rings is 1. The summed E-state index contributed by atoms with van der Waals surface area (Å²) in [6.45, 7) is 9.86. The van der Waals surface area contributed by atoms with Gasteiger partial charge in [0.25, 0.3) is 5.91 Å². The number of quaternary nitrogens is 1. The Hall–Kier alpha value is -2.38. The molecule has 0 atom stereocenters. The first-order valence-corrected chi connectivity index (χ1v) is 10.2. The smallest absolute Gasteiger partial charge is 0.268 e. The van der Waals surface area contributed by atoms with Gasteiger partial charge in [0.05, 0.1) is 26.3 Å². The minimum absolute atomic E-state index is 0.0177. The number of rotatable bonds is 8. The lowest BCUT2D eigenvalue weighted by atomic mass is 10.2. The number of aromatic nitrogens is 1. The van der Waals surface area contributed by atoms with E-state index < -0.39 is 0 Å². The third kappa shape index (κ3) is 4.91. The highest BCUT2D eigenvalue weighted by molar-refractivity contribution is 6.00. The largest absolute Gasteiger partial charge is 0.370 e. The summed E-state index contributed by atoms with van der Waals surface area (Å²) in [5, 5.41) is 6.92. The van der Waals surface area contributed by atoms with E-state index in [4.69, 9.17) is 4.74 Å². The lowest BCUT2D eigenvalue weighted by Gasteiger charge is -2.23. The van der Waals surface area contributed by atoms with Crippen molar-refractivity contribution in [1.82, 2.24) is 9.88 Å². The van der Waals surface area contributed by atoms with Crippen molar-refractivity contribution in [3.05, 3.63) is 30.0 Å². The molecule has 7 nitrogen and oxygen atoms in total. The van der Waals surface area contributed by atoms with Gasteiger partial charge in [0.15, 0.2) is 0 Å². The minimum atomic E-state index is -0.0450. The maximum Gasteiger partial charge on any atom is 0.268 e. The third-order valence-corrected chi connectivity index (χ3v) is 5.15. The van der Waals surface area contributed by atoms with Crippen molar-refractivity contribution < 1.29 is 19.2 Å². The maximum atomic E-state index is 12.8. The van der Waals surface area contributed by atoms with Crippen LogP contribution in [0, 0.1) is 0 Å². The topological polar surface area (TPSA) is 76.8 Å². The third-order valence-electron chi connectivity index (χ3n) is 5.15. The maximum absolute atomic E-state index is 12.8. The molecule has 0 aliphatic carbocycles. The number of carbonyl (C=O) groups excluding carboxylic acids is 2. The van der Waals surface area contributed by atoms with E-state index in [2.05, 4.69) is 22.1 Å². The molecule has 1 aromatic heterocycles. The van der Waals surface area contributed by atoms with E-state index in [9.17, 15) is 9.59 Å². The van der Waals surface area contributed by atoms with E-state index in [-0.39, 0.29) is 11.8 Å². The van der Waals surface area contributed by atoms with Crippen LogP contribution >= 0.6 is 0 Å². The number of aryl methyl sites for hydroxylation is 1. The van der Waals surface area contributed by atoms with E-state index in [0.717, 1.165) is 62.4 Å². The van der Waals surface area contributed by atoms with E-state index in [0.29, 0.717) is 18.7 Å². The first-order chi connectivity index (χ1) is 13.6. The number of amides is 2. The average molecular weight is 388 g/mol. The molecule has 1 aromatic carbocycles. The van der Waals surface area contributed by atoms with Gasteiger partial charge in [-0.25, -0.2) is 0 Å². The molecule has 2 amide bonds. The number of ether oxygens (including phenoxy) is 1. The molecule has 3 N–H and O–H groups in total. The Balaban J connectivity index is 1.73. The van der Waals surface area contributed by atoms with Gasteiger partial charge in [-0.05, 0) is 30.7 Å². The molecule has 1 aliphatic rings. The molecule has 28 heavy (non-hydrogen) atoms. The zero-order valence-corrected chi connectivity index (χ0v) is 16.8. The molecule has 0 radical (unpaired) electrons. The number of nitrogens with one attached hydrogen (secondary N) is 3. The average Bonchev–Trinajstić information content (AvgIpc) is 3.07. The second-order valence-electron chi connectivity index (χ2n) is 7.22. The molecule has 0 spiro atoms. The predicted octanol–water partition coefficient (Wildman–Crippen LogP) is 1.04. The van der Waals surface area contributed by atoms with Crippen LogP contribution in [-0.2, 0) is 16.1 Å². The Morgan fingerprint density at radius 3 is 2.68 bits per heavy atom. The lowest BCUT2D eigenvalue weighted by Crippen LogP contribution is -3.14. The lowest BCUT2D eigenvalue weighted by molar-refractivity contribution is -0.906. The molecular formula is C21H31N4O3+. The summed E-state index contributed by atoms with van der Waals surface area (Å²) in [5.41, 5.74) is 2.45. The molecule has 0 saturated carbocycles. The zero-order chi connectivity index (χ0) is 19.9. The number of fused-ring (bicyclic) bond motifs is 1. The second kappa shape index (κ2) is 9.71. The Bertz CT molecular complexity index is 824. The Morgan fingerprint density at radius 1 is 1.18 bits per heavy atom. The zero-order valence-electron chi connectivity index (χ0n) is 16.8. The summed E-state index contributed by atoms with van der Waals surface area (Å²) in [6.07, 6.45) is 1.38. The van der Waals surface area contributed by atoms with E-state index in [1.54, 1.807) is 0 Å². The van der Waals surface area contributed by atoms with Crippen molar-refractivity contribution in [2.75, 3.05) is 44.7 Å². The Morgan fingerprint density at radius 2 is 1.96 bits per heavy atom. The summed E-state index contributed by atoms with van der Waals surface area (Å²) >= 11 is 0. The molecule has 152 valence electrons. The first kappa shape index (κ1) is 20.4. The summed E-state index contributed by atoms with van der Waals surface area (Å²) in [7, 11) is 0. The number of carbonyl (C=O) groups is 2. The summed E-state index contributed by atoms with van der Waals surface area (Å²) in [6, 6.07) is 7.73. The number of benzene rings is 1. The van der Waals surface area contributed by atoms with Gasteiger partial charge >= 0.3 is 0 Å². The number of nitrogens with zero attached hydrogens (tertiary/aromatic N) is 1. The van der Waals surface area contributed by atoms with Crippen molar-refractivity contribution in [3.8, 4) is 0 Å². The highest BCUT2D eigenvalue weighted by atomic mass is 16.5. The van der Waals surface area contributed by atoms with E-state index >= 15 is 0 Å². The van der Waals surface area contributed by atoms with Gasteiger partial charge < -0.3 is 24.8 Å². The minimum Gasteiger partial charge on any atom is -0.370 e. The van der Waals surface area contributed by atoms with E-state index in [1.165, 1.54) is 4.90 Å². The van der Waals surface area contributed by atoms with Crippen molar-refractivity contribution in [3.63, 3.8) is 0 Å². The van der Waals surface area contributed by atoms with Gasteiger partial charge in [-0.3, -0.25) is 9.59 Å². The van der Waals surface area contributed by atoms with Crippen molar-refractivity contribution in [2.24, 2.45) is 0 Å². The Kier molecular flexibility index (Phi) is 7.06. The molecule has 1 fully saturated rings. The summed E-state index contributed by atoms with van der Waals surface area (Å²) < 4.78 is 7.44. The van der Waals surface area contributed by atoms with Gasteiger partial charge in [0.2, 0.25) is 5.91 Å². The summed E-state index contributed by atoms with van der Waals surface area (Å²) in [4.78, 5) is 26.0. The SMILES string of the molecule is CCCn1c(C(=O)NCC[NH+]2CCOCC2)cc2cc(NC(=O)CC)ccc21. The quantitative estimate of drug-likeness (QED) is 0.634. The van der Waals surface area contributed by atoms with Gasteiger partial charge in [-0.1, -0.05) is 13.8 Å². The number of hydrogen-bond acceptors (Lipinski definition) is 3. The van der Waals surface area contributed by atoms with Crippen LogP contribution in [0.15, 0.2) is 24.3 Å². The van der Waals surface area contributed by atoms with E-state index in [1.807, 2.05) is 31.2 Å². The summed E-state index contributed by atoms with van der Waals surface area (Å²) in [5.74, 6) is -0.0626. The fraction of sp³-hybridized carbons (Fsp3) is 0.524. The molecule has 7 heteroatoms. The Labute approximate surface area is 166 Å². The molecule has 3 rings (SSSR count). The molecule has 2 aromatic rings. The van der Waals surface area contributed by atoms with Gasteiger partial charge in [0, 0.05) is 29.6 Å². The molecule has 0 unspecified atom stereocenters. The van der Waals surface area contributed by atoms with Gasteiger partial charge in [-0.2, -0.15) is 0 Å². The molecule has 2 heterocycles. The van der Waals surface area contributed by atoms with Crippen LogP contribution in [0.25, 0.3) is 10.9 Å². The van der Waals surface area contributed by atoms with Crippen LogP contribution in [-0.4, -0.2) is 55.8 Å². The van der Waals surface area contributed by atoms with Crippen molar-refractivity contribution in [2.45, 2.75) is 33.2 Å². The number of hydrogen-bond donors (Lipinski definition) is 3. The highest BCUT2D eigenvalue weighted by Gasteiger charge is 2.17. The van der Waals surface area contributed by atoms with Crippen molar-refractivity contribution >= 4 is 28.4 Å². The fourth-order valence-electron chi connectivity index (χ4n) is 3.60. The van der Waals surface area contributed by atoms with Gasteiger partial charge in [0.1, 0.15) is 18.8 Å². The van der Waals surface area contributed by atoms with Crippen LogP contribution in [0.1, 0.15) is 37.2 Å². The molecular weight excluding hydrogens is 356 g/mol. The monoisotopic (exact) mass is 387 g/mol. The normalized spacial score (nSPS) is 14.9. The van der Waals surface area contributed by atoms with Crippen LogP contribution in [0.2, 0.25) is 0 Å². The van der Waals surface area contributed by atoms with Crippen LogP contribution in [0.4, 0.5) is 5.69 Å². The van der Waals surface area contributed by atoms with Crippen LogP contribution < -0.4 is 15.5 Å².